The first-order valence-corrected chi connectivity index (χ1v) is 4.88. The molecule has 3 aromatic rings. The Kier molecular flexibility index (Phi) is 1.62. The number of nitrogens with zero attached hydrogens (tertiary/aromatic N) is 4. The normalized spacial score (nSPS) is 11.4. The number of aromatic amines is 1. The van der Waals surface area contributed by atoms with Gasteiger partial charge in [-0.1, -0.05) is 11.2 Å². The standard InChI is InChI=1S/C10H9N5O/c1-5-3-6(2)8-7(4-5)9(16)11-10-12-13-14-15(8)10/h3-4H,1-2H3,(H,11,12,14,16). The minimum absolute atomic E-state index is 0.163. The van der Waals surface area contributed by atoms with Gasteiger partial charge in [0.2, 0.25) is 0 Å². The molecule has 0 spiro atoms. The summed E-state index contributed by atoms with van der Waals surface area (Å²) in [6.07, 6.45) is 0. The average Bonchev–Trinajstić information content (AvgIpc) is 2.65. The Bertz CT molecular complexity index is 755. The van der Waals surface area contributed by atoms with E-state index in [1.807, 2.05) is 26.0 Å². The molecule has 0 saturated carbocycles. The number of aryl methyl sites for hydroxylation is 2. The van der Waals surface area contributed by atoms with Crippen molar-refractivity contribution in [3.05, 3.63) is 33.6 Å². The molecule has 6 nitrogen and oxygen atoms in total. The van der Waals surface area contributed by atoms with E-state index in [2.05, 4.69) is 20.5 Å². The quantitative estimate of drug-likeness (QED) is 0.595. The molecule has 0 saturated heterocycles. The van der Waals surface area contributed by atoms with E-state index in [1.54, 1.807) is 4.52 Å². The fraction of sp³-hybridized carbons (Fsp3) is 0.200. The molecule has 2 aromatic heterocycles. The maximum absolute atomic E-state index is 11.8. The van der Waals surface area contributed by atoms with Gasteiger partial charge >= 0.3 is 0 Å². The fourth-order valence-corrected chi connectivity index (χ4v) is 2.00. The monoisotopic (exact) mass is 215 g/mol. The number of H-pyrrole nitrogens is 1. The van der Waals surface area contributed by atoms with Crippen molar-refractivity contribution in [3.8, 4) is 0 Å². The summed E-state index contributed by atoms with van der Waals surface area (Å²) >= 11 is 0. The Morgan fingerprint density at radius 2 is 2.12 bits per heavy atom. The maximum Gasteiger partial charge on any atom is 0.260 e. The van der Waals surface area contributed by atoms with E-state index in [9.17, 15) is 4.79 Å². The van der Waals surface area contributed by atoms with Crippen molar-refractivity contribution >= 4 is 16.7 Å². The molecule has 2 heterocycles. The lowest BCUT2D eigenvalue weighted by Gasteiger charge is -2.04. The summed E-state index contributed by atoms with van der Waals surface area (Å²) in [4.78, 5) is 14.5. The van der Waals surface area contributed by atoms with Gasteiger partial charge in [0.15, 0.2) is 0 Å². The third-order valence-corrected chi connectivity index (χ3v) is 2.60. The minimum atomic E-state index is -0.163. The first-order valence-electron chi connectivity index (χ1n) is 4.88. The number of hydrogen-bond donors (Lipinski definition) is 1. The van der Waals surface area contributed by atoms with Gasteiger partial charge in [-0.2, -0.15) is 4.52 Å². The number of hydrogen-bond acceptors (Lipinski definition) is 4. The lowest BCUT2D eigenvalue weighted by molar-refractivity contribution is 0.838. The van der Waals surface area contributed by atoms with Crippen LogP contribution >= 0.6 is 0 Å². The molecule has 6 heteroatoms. The summed E-state index contributed by atoms with van der Waals surface area (Å²) in [7, 11) is 0. The van der Waals surface area contributed by atoms with Gasteiger partial charge in [-0.15, -0.1) is 0 Å². The maximum atomic E-state index is 11.8. The second-order valence-corrected chi connectivity index (χ2v) is 3.85. The van der Waals surface area contributed by atoms with Crippen LogP contribution in [0.25, 0.3) is 16.7 Å². The van der Waals surface area contributed by atoms with Crippen molar-refractivity contribution < 1.29 is 0 Å². The Labute approximate surface area is 89.9 Å². The van der Waals surface area contributed by atoms with Gasteiger partial charge < -0.3 is 0 Å². The molecule has 0 aliphatic heterocycles. The summed E-state index contributed by atoms with van der Waals surface area (Å²) in [5.74, 6) is 0.365. The van der Waals surface area contributed by atoms with E-state index in [1.165, 1.54) is 0 Å². The largest absolute Gasteiger partial charge is 0.289 e. The number of benzene rings is 1. The molecule has 0 unspecified atom stereocenters. The van der Waals surface area contributed by atoms with Crippen molar-refractivity contribution in [2.75, 3.05) is 0 Å². The summed E-state index contributed by atoms with van der Waals surface area (Å²) in [6.45, 7) is 3.89. The SMILES string of the molecule is Cc1cc(C)c2c(c1)c(=O)[nH]c1nnnn12. The molecular formula is C10H9N5O. The lowest BCUT2D eigenvalue weighted by atomic mass is 10.1. The van der Waals surface area contributed by atoms with Crippen LogP contribution in [0, 0.1) is 13.8 Å². The molecule has 3 rings (SSSR count). The number of fused-ring (bicyclic) bond motifs is 3. The summed E-state index contributed by atoms with van der Waals surface area (Å²) in [5.41, 5.74) is 2.62. The molecule has 0 radical (unpaired) electrons. The van der Waals surface area contributed by atoms with Crippen LogP contribution in [0.2, 0.25) is 0 Å². The Hall–Kier alpha value is -2.24. The van der Waals surface area contributed by atoms with Gasteiger partial charge in [0.05, 0.1) is 10.9 Å². The third-order valence-electron chi connectivity index (χ3n) is 2.60. The zero-order valence-corrected chi connectivity index (χ0v) is 8.85. The van der Waals surface area contributed by atoms with E-state index >= 15 is 0 Å². The van der Waals surface area contributed by atoms with Crippen LogP contribution in [0.5, 0.6) is 0 Å². The number of nitrogens with one attached hydrogen (secondary N) is 1. The molecule has 0 aliphatic carbocycles. The van der Waals surface area contributed by atoms with Crippen molar-refractivity contribution in [2.24, 2.45) is 0 Å². The lowest BCUT2D eigenvalue weighted by Crippen LogP contribution is -2.11. The van der Waals surface area contributed by atoms with Gasteiger partial charge in [-0.05, 0) is 41.5 Å². The van der Waals surface area contributed by atoms with Crippen molar-refractivity contribution in [1.29, 1.82) is 0 Å². The fourth-order valence-electron chi connectivity index (χ4n) is 2.00. The molecule has 80 valence electrons. The number of aromatic nitrogens is 5. The first kappa shape index (κ1) is 9.02. The van der Waals surface area contributed by atoms with Crippen molar-refractivity contribution in [1.82, 2.24) is 25.0 Å². The highest BCUT2D eigenvalue weighted by Crippen LogP contribution is 2.16. The Morgan fingerprint density at radius 3 is 2.94 bits per heavy atom. The molecule has 0 fully saturated rings. The Morgan fingerprint density at radius 1 is 1.31 bits per heavy atom. The summed E-state index contributed by atoms with van der Waals surface area (Å²) < 4.78 is 1.55. The highest BCUT2D eigenvalue weighted by atomic mass is 16.1. The Balaban J connectivity index is 2.72. The van der Waals surface area contributed by atoms with Gasteiger partial charge in [-0.25, -0.2) is 0 Å². The zero-order chi connectivity index (χ0) is 11.3. The van der Waals surface area contributed by atoms with E-state index < -0.39 is 0 Å². The van der Waals surface area contributed by atoms with Crippen LogP contribution in [0.3, 0.4) is 0 Å². The average molecular weight is 215 g/mol. The molecule has 16 heavy (non-hydrogen) atoms. The second-order valence-electron chi connectivity index (χ2n) is 3.85. The minimum Gasteiger partial charge on any atom is -0.289 e. The predicted octanol–water partition coefficient (Wildman–Crippen LogP) is 0.583. The second kappa shape index (κ2) is 2.88. The van der Waals surface area contributed by atoms with Gasteiger partial charge in [0.1, 0.15) is 0 Å². The van der Waals surface area contributed by atoms with Gasteiger partial charge in [0, 0.05) is 0 Å². The van der Waals surface area contributed by atoms with Crippen molar-refractivity contribution in [3.63, 3.8) is 0 Å². The van der Waals surface area contributed by atoms with Crippen molar-refractivity contribution in [2.45, 2.75) is 13.8 Å². The van der Waals surface area contributed by atoms with E-state index in [0.717, 1.165) is 16.6 Å². The number of tetrazole rings is 1. The van der Waals surface area contributed by atoms with Crippen LogP contribution in [-0.2, 0) is 0 Å². The topological polar surface area (TPSA) is 75.9 Å². The molecule has 1 aromatic carbocycles. The van der Waals surface area contributed by atoms with E-state index in [4.69, 9.17) is 0 Å². The van der Waals surface area contributed by atoms with Gasteiger partial charge in [-0.3, -0.25) is 9.78 Å². The van der Waals surface area contributed by atoms with Crippen LogP contribution in [0.4, 0.5) is 0 Å². The van der Waals surface area contributed by atoms with Gasteiger partial charge in [0.25, 0.3) is 11.3 Å². The predicted molar refractivity (Wildman–Crippen MR) is 58.4 cm³/mol. The smallest absolute Gasteiger partial charge is 0.260 e. The third kappa shape index (κ3) is 1.06. The molecule has 0 aliphatic rings. The van der Waals surface area contributed by atoms with E-state index in [0.29, 0.717) is 11.2 Å². The zero-order valence-electron chi connectivity index (χ0n) is 8.85. The summed E-state index contributed by atoms with van der Waals surface area (Å²) in [5, 5.41) is 11.8. The van der Waals surface area contributed by atoms with Crippen LogP contribution in [0.1, 0.15) is 11.1 Å². The van der Waals surface area contributed by atoms with Crippen LogP contribution < -0.4 is 5.56 Å². The molecule has 0 bridgehead atoms. The molecule has 1 N–H and O–H groups in total. The summed E-state index contributed by atoms with van der Waals surface area (Å²) in [6, 6.07) is 3.84. The molecular weight excluding hydrogens is 206 g/mol. The van der Waals surface area contributed by atoms with Crippen LogP contribution in [0.15, 0.2) is 16.9 Å². The van der Waals surface area contributed by atoms with Crippen LogP contribution in [-0.4, -0.2) is 25.0 Å². The number of rotatable bonds is 0. The highest BCUT2D eigenvalue weighted by Gasteiger charge is 2.09. The first-order chi connectivity index (χ1) is 7.66. The van der Waals surface area contributed by atoms with E-state index in [-0.39, 0.29) is 5.56 Å². The molecule has 0 amide bonds. The molecule has 0 atom stereocenters. The highest BCUT2D eigenvalue weighted by molar-refractivity contribution is 5.83.